The van der Waals surface area contributed by atoms with E-state index in [0.29, 0.717) is 23.6 Å². The van der Waals surface area contributed by atoms with Crippen LogP contribution in [-0.4, -0.2) is 13.0 Å². The van der Waals surface area contributed by atoms with Gasteiger partial charge in [0.05, 0.1) is 12.7 Å². The summed E-state index contributed by atoms with van der Waals surface area (Å²) in [6.45, 7) is 0.480. The van der Waals surface area contributed by atoms with Gasteiger partial charge >= 0.3 is 0 Å². The Hall–Kier alpha value is -3.79. The van der Waals surface area contributed by atoms with Gasteiger partial charge in [-0.25, -0.2) is 0 Å². The number of hydrogen-bond acceptors (Lipinski definition) is 3. The molecule has 0 aromatic heterocycles. The molecule has 0 aliphatic heterocycles. The maximum atomic E-state index is 12.5. The third-order valence-corrected chi connectivity index (χ3v) is 4.74. The van der Waals surface area contributed by atoms with Gasteiger partial charge in [0.25, 0.3) is 5.91 Å². The van der Waals surface area contributed by atoms with Crippen molar-refractivity contribution in [2.75, 3.05) is 12.4 Å². The Balaban J connectivity index is 1.42. The maximum Gasteiger partial charge on any atom is 0.259 e. The van der Waals surface area contributed by atoms with E-state index >= 15 is 0 Å². The highest BCUT2D eigenvalue weighted by Crippen LogP contribution is 2.23. The number of amides is 1. The zero-order chi connectivity index (χ0) is 20.1. The van der Waals surface area contributed by atoms with E-state index in [-0.39, 0.29) is 5.91 Å². The van der Waals surface area contributed by atoms with Gasteiger partial charge in [-0.3, -0.25) is 4.79 Å². The molecule has 0 saturated heterocycles. The van der Waals surface area contributed by atoms with Crippen molar-refractivity contribution < 1.29 is 14.3 Å². The molecule has 0 aliphatic rings. The van der Waals surface area contributed by atoms with Crippen LogP contribution in [0.15, 0.2) is 91.0 Å². The Morgan fingerprint density at radius 1 is 0.828 bits per heavy atom. The second kappa shape index (κ2) is 8.48. The van der Waals surface area contributed by atoms with Crippen molar-refractivity contribution >= 4 is 22.4 Å². The highest BCUT2D eigenvalue weighted by molar-refractivity contribution is 6.06. The molecule has 0 unspecified atom stereocenters. The highest BCUT2D eigenvalue weighted by atomic mass is 16.5. The molecule has 0 saturated carbocycles. The minimum atomic E-state index is -0.216. The molecule has 4 aromatic rings. The molecule has 0 aliphatic carbocycles. The van der Waals surface area contributed by atoms with Crippen LogP contribution < -0.4 is 14.8 Å². The normalized spacial score (nSPS) is 10.5. The molecule has 1 amide bonds. The SMILES string of the molecule is COc1ccccc1C(=O)Nc1ccc(OCc2cccc3ccccc23)cc1. The van der Waals surface area contributed by atoms with Crippen LogP contribution in [0, 0.1) is 0 Å². The number of rotatable bonds is 6. The first-order chi connectivity index (χ1) is 14.2. The van der Waals surface area contributed by atoms with E-state index in [9.17, 15) is 4.79 Å². The van der Waals surface area contributed by atoms with Crippen molar-refractivity contribution in [1.29, 1.82) is 0 Å². The van der Waals surface area contributed by atoms with E-state index < -0.39 is 0 Å². The summed E-state index contributed by atoms with van der Waals surface area (Å²) in [6.07, 6.45) is 0. The van der Waals surface area contributed by atoms with Crippen LogP contribution in [0.25, 0.3) is 10.8 Å². The molecule has 4 rings (SSSR count). The lowest BCUT2D eigenvalue weighted by atomic mass is 10.1. The molecule has 29 heavy (non-hydrogen) atoms. The number of carbonyl (C=O) groups is 1. The van der Waals surface area contributed by atoms with Gasteiger partial charge in [0.15, 0.2) is 0 Å². The standard InChI is InChI=1S/C25H21NO3/c1-28-24-12-5-4-11-23(24)25(27)26-20-13-15-21(16-14-20)29-17-19-9-6-8-18-7-2-3-10-22(18)19/h2-16H,17H2,1H3,(H,26,27). The largest absolute Gasteiger partial charge is 0.496 e. The molecular weight excluding hydrogens is 362 g/mol. The number of para-hydroxylation sites is 1. The summed E-state index contributed by atoms with van der Waals surface area (Å²) in [5, 5.41) is 5.27. The first-order valence-electron chi connectivity index (χ1n) is 9.38. The van der Waals surface area contributed by atoms with Crippen LogP contribution >= 0.6 is 0 Å². The lowest BCUT2D eigenvalue weighted by molar-refractivity contribution is 0.102. The highest BCUT2D eigenvalue weighted by Gasteiger charge is 2.11. The fourth-order valence-corrected chi connectivity index (χ4v) is 3.24. The van der Waals surface area contributed by atoms with Crippen molar-refractivity contribution in [3.05, 3.63) is 102 Å². The van der Waals surface area contributed by atoms with Crippen LogP contribution in [0.1, 0.15) is 15.9 Å². The monoisotopic (exact) mass is 383 g/mol. The van der Waals surface area contributed by atoms with Gasteiger partial charge < -0.3 is 14.8 Å². The lowest BCUT2D eigenvalue weighted by Gasteiger charge is -2.11. The van der Waals surface area contributed by atoms with Gasteiger partial charge in [-0.1, -0.05) is 54.6 Å². The second-order valence-electron chi connectivity index (χ2n) is 6.61. The van der Waals surface area contributed by atoms with Crippen molar-refractivity contribution in [3.63, 3.8) is 0 Å². The molecule has 1 N–H and O–H groups in total. The van der Waals surface area contributed by atoms with Gasteiger partial charge in [-0.05, 0) is 52.7 Å². The minimum Gasteiger partial charge on any atom is -0.496 e. The van der Waals surface area contributed by atoms with Gasteiger partial charge in [-0.2, -0.15) is 0 Å². The molecule has 4 nitrogen and oxygen atoms in total. The molecule has 0 bridgehead atoms. The van der Waals surface area contributed by atoms with Crippen molar-refractivity contribution in [3.8, 4) is 11.5 Å². The Labute approximate surface area is 169 Å². The molecule has 144 valence electrons. The molecule has 0 radical (unpaired) electrons. The summed E-state index contributed by atoms with van der Waals surface area (Å²) < 4.78 is 11.2. The zero-order valence-corrected chi connectivity index (χ0v) is 16.1. The van der Waals surface area contributed by atoms with Gasteiger partial charge in [-0.15, -0.1) is 0 Å². The first-order valence-corrected chi connectivity index (χ1v) is 9.38. The molecule has 4 heteroatoms. The van der Waals surface area contributed by atoms with E-state index in [2.05, 4.69) is 29.6 Å². The average molecular weight is 383 g/mol. The molecule has 4 aromatic carbocycles. The van der Waals surface area contributed by atoms with E-state index in [4.69, 9.17) is 9.47 Å². The van der Waals surface area contributed by atoms with Gasteiger partial charge in [0.2, 0.25) is 0 Å². The zero-order valence-electron chi connectivity index (χ0n) is 16.1. The van der Waals surface area contributed by atoms with Crippen molar-refractivity contribution in [2.24, 2.45) is 0 Å². The number of fused-ring (bicyclic) bond motifs is 1. The van der Waals surface area contributed by atoms with E-state index in [1.54, 1.807) is 19.2 Å². The average Bonchev–Trinajstić information content (AvgIpc) is 2.78. The molecule has 0 spiro atoms. The van der Waals surface area contributed by atoms with Gasteiger partial charge in [0.1, 0.15) is 18.1 Å². The van der Waals surface area contributed by atoms with Crippen LogP contribution in [-0.2, 0) is 6.61 Å². The summed E-state index contributed by atoms with van der Waals surface area (Å²) >= 11 is 0. The third kappa shape index (κ3) is 4.22. The van der Waals surface area contributed by atoms with Crippen LogP contribution in [0.3, 0.4) is 0 Å². The Morgan fingerprint density at radius 2 is 1.55 bits per heavy atom. The number of methoxy groups -OCH3 is 1. The quantitative estimate of drug-likeness (QED) is 0.466. The summed E-state index contributed by atoms with van der Waals surface area (Å²) in [4.78, 5) is 12.5. The van der Waals surface area contributed by atoms with Crippen molar-refractivity contribution in [1.82, 2.24) is 0 Å². The van der Waals surface area contributed by atoms with Crippen molar-refractivity contribution in [2.45, 2.75) is 6.61 Å². The number of anilines is 1. The summed E-state index contributed by atoms with van der Waals surface area (Å²) in [7, 11) is 1.55. The maximum absolute atomic E-state index is 12.5. The molecule has 0 fully saturated rings. The van der Waals surface area contributed by atoms with E-state index in [0.717, 1.165) is 11.3 Å². The predicted octanol–water partition coefficient (Wildman–Crippen LogP) is 5.68. The Kier molecular flexibility index (Phi) is 5.43. The van der Waals surface area contributed by atoms with E-state index in [1.165, 1.54) is 10.8 Å². The number of benzene rings is 4. The lowest BCUT2D eigenvalue weighted by Crippen LogP contribution is -2.13. The summed E-state index contributed by atoms with van der Waals surface area (Å²) in [5.41, 5.74) is 2.32. The molecule has 0 atom stereocenters. The Morgan fingerprint density at radius 3 is 2.38 bits per heavy atom. The summed E-state index contributed by atoms with van der Waals surface area (Å²) in [6, 6.07) is 29.0. The van der Waals surface area contributed by atoms with Crippen LogP contribution in [0.4, 0.5) is 5.69 Å². The molecular formula is C25H21NO3. The fraction of sp³-hybridized carbons (Fsp3) is 0.0800. The number of hydrogen-bond donors (Lipinski definition) is 1. The smallest absolute Gasteiger partial charge is 0.259 e. The topological polar surface area (TPSA) is 47.6 Å². The number of nitrogens with one attached hydrogen (secondary N) is 1. The fourth-order valence-electron chi connectivity index (χ4n) is 3.24. The Bertz CT molecular complexity index is 1130. The summed E-state index contributed by atoms with van der Waals surface area (Å²) in [5.74, 6) is 1.07. The second-order valence-corrected chi connectivity index (χ2v) is 6.61. The van der Waals surface area contributed by atoms with Gasteiger partial charge in [0, 0.05) is 5.69 Å². The predicted molar refractivity (Wildman–Crippen MR) is 116 cm³/mol. The first kappa shape index (κ1) is 18.6. The molecule has 0 heterocycles. The number of carbonyl (C=O) groups excluding carboxylic acids is 1. The number of ether oxygens (including phenoxy) is 2. The van der Waals surface area contributed by atoms with Crippen LogP contribution in [0.5, 0.6) is 11.5 Å². The third-order valence-electron chi connectivity index (χ3n) is 4.74. The van der Waals surface area contributed by atoms with Crippen LogP contribution in [0.2, 0.25) is 0 Å². The van der Waals surface area contributed by atoms with E-state index in [1.807, 2.05) is 54.6 Å². The minimum absolute atomic E-state index is 0.216.